The minimum Gasteiger partial charge on any atom is -0.469 e. The van der Waals surface area contributed by atoms with E-state index < -0.39 is 0 Å². The van der Waals surface area contributed by atoms with Gasteiger partial charge in [-0.05, 0) is 19.4 Å². The Morgan fingerprint density at radius 3 is 2.60 bits per heavy atom. The summed E-state index contributed by atoms with van der Waals surface area (Å²) in [6.45, 7) is 3.73. The maximum Gasteiger partial charge on any atom is 0.309 e. The van der Waals surface area contributed by atoms with Gasteiger partial charge in [-0.25, -0.2) is 0 Å². The van der Waals surface area contributed by atoms with Crippen molar-refractivity contribution >= 4 is 5.97 Å². The lowest BCUT2D eigenvalue weighted by molar-refractivity contribution is -0.144. The summed E-state index contributed by atoms with van der Waals surface area (Å²) in [6.07, 6.45) is 4.18. The monoisotopic (exact) mass is 217 g/mol. The molecule has 0 amide bonds. The number of hydrogen-bond acceptors (Lipinski definition) is 4. The van der Waals surface area contributed by atoms with Gasteiger partial charge in [-0.2, -0.15) is 0 Å². The molecular weight excluding hydrogens is 194 g/mol. The van der Waals surface area contributed by atoms with E-state index in [0.29, 0.717) is 6.54 Å². The Kier molecular flexibility index (Phi) is 9.52. The van der Waals surface area contributed by atoms with E-state index in [0.717, 1.165) is 32.2 Å². The molecule has 0 bridgehead atoms. The van der Waals surface area contributed by atoms with Gasteiger partial charge in [-0.3, -0.25) is 4.79 Å². The molecule has 0 aromatic heterocycles. The van der Waals surface area contributed by atoms with E-state index in [2.05, 4.69) is 10.1 Å². The van der Waals surface area contributed by atoms with Crippen LogP contribution < -0.4 is 5.32 Å². The Labute approximate surface area is 92.0 Å². The standard InChI is InChI=1S/C11H23NO3/c1-10(11(14)15-2)9-12-7-5-3-4-6-8-13/h10,12-13H,3-9H2,1-2H3. The molecule has 0 aliphatic carbocycles. The average Bonchev–Trinajstić information content (AvgIpc) is 2.26. The van der Waals surface area contributed by atoms with Gasteiger partial charge < -0.3 is 15.2 Å². The molecule has 0 aromatic carbocycles. The number of carbonyl (C=O) groups is 1. The van der Waals surface area contributed by atoms with Crippen LogP contribution in [0, 0.1) is 5.92 Å². The summed E-state index contributed by atoms with van der Waals surface area (Å²) in [4.78, 5) is 11.0. The second-order valence-corrected chi connectivity index (χ2v) is 3.77. The van der Waals surface area contributed by atoms with Crippen molar-refractivity contribution in [2.45, 2.75) is 32.6 Å². The first-order valence-electron chi connectivity index (χ1n) is 5.61. The Balaban J connectivity index is 3.20. The molecule has 1 atom stereocenters. The van der Waals surface area contributed by atoms with Gasteiger partial charge >= 0.3 is 5.97 Å². The van der Waals surface area contributed by atoms with Crippen LogP contribution in [0.25, 0.3) is 0 Å². The van der Waals surface area contributed by atoms with Crippen molar-refractivity contribution in [2.75, 3.05) is 26.8 Å². The van der Waals surface area contributed by atoms with Gasteiger partial charge in [0.1, 0.15) is 0 Å². The SMILES string of the molecule is COC(=O)C(C)CNCCCCCCO. The fourth-order valence-electron chi connectivity index (χ4n) is 1.32. The van der Waals surface area contributed by atoms with Crippen LogP contribution >= 0.6 is 0 Å². The third-order valence-electron chi connectivity index (χ3n) is 2.32. The van der Waals surface area contributed by atoms with Gasteiger partial charge in [0.15, 0.2) is 0 Å². The predicted octanol–water partition coefficient (Wildman–Crippen LogP) is 0.938. The Bertz CT molecular complexity index is 162. The highest BCUT2D eigenvalue weighted by atomic mass is 16.5. The maximum absolute atomic E-state index is 11.0. The zero-order valence-electron chi connectivity index (χ0n) is 9.79. The zero-order valence-corrected chi connectivity index (χ0v) is 9.79. The molecule has 0 saturated carbocycles. The largest absolute Gasteiger partial charge is 0.469 e. The lowest BCUT2D eigenvalue weighted by atomic mass is 10.1. The van der Waals surface area contributed by atoms with Crippen LogP contribution in [0.4, 0.5) is 0 Å². The molecule has 0 aromatic rings. The van der Waals surface area contributed by atoms with Gasteiger partial charge in [0, 0.05) is 13.2 Å². The molecule has 2 N–H and O–H groups in total. The topological polar surface area (TPSA) is 58.6 Å². The molecule has 4 nitrogen and oxygen atoms in total. The second-order valence-electron chi connectivity index (χ2n) is 3.77. The van der Waals surface area contributed by atoms with Gasteiger partial charge in [0.2, 0.25) is 0 Å². The first-order valence-corrected chi connectivity index (χ1v) is 5.61. The van der Waals surface area contributed by atoms with E-state index in [-0.39, 0.29) is 18.5 Å². The molecule has 0 radical (unpaired) electrons. The summed E-state index contributed by atoms with van der Waals surface area (Å²) in [5.41, 5.74) is 0. The van der Waals surface area contributed by atoms with E-state index >= 15 is 0 Å². The number of methoxy groups -OCH3 is 1. The zero-order chi connectivity index (χ0) is 11.5. The predicted molar refractivity (Wildman–Crippen MR) is 59.6 cm³/mol. The minimum absolute atomic E-state index is 0.0764. The van der Waals surface area contributed by atoms with Crippen LogP contribution in [0.15, 0.2) is 0 Å². The van der Waals surface area contributed by atoms with Crippen molar-refractivity contribution in [1.82, 2.24) is 5.32 Å². The van der Waals surface area contributed by atoms with Crippen LogP contribution in [-0.2, 0) is 9.53 Å². The quantitative estimate of drug-likeness (QED) is 0.446. The smallest absolute Gasteiger partial charge is 0.309 e. The summed E-state index contributed by atoms with van der Waals surface area (Å²) in [6, 6.07) is 0. The molecular formula is C11H23NO3. The minimum atomic E-state index is -0.164. The van der Waals surface area contributed by atoms with Crippen LogP contribution in [0.5, 0.6) is 0 Å². The molecule has 0 saturated heterocycles. The highest BCUT2D eigenvalue weighted by Gasteiger charge is 2.11. The molecule has 0 spiro atoms. The molecule has 0 heterocycles. The van der Waals surface area contributed by atoms with E-state index in [9.17, 15) is 4.79 Å². The number of ether oxygens (including phenoxy) is 1. The van der Waals surface area contributed by atoms with Crippen molar-refractivity contribution in [3.8, 4) is 0 Å². The van der Waals surface area contributed by atoms with Crippen molar-refractivity contribution in [3.63, 3.8) is 0 Å². The van der Waals surface area contributed by atoms with Crippen LogP contribution in [0.1, 0.15) is 32.6 Å². The number of hydrogen-bond donors (Lipinski definition) is 2. The molecule has 0 aliphatic heterocycles. The summed E-state index contributed by atoms with van der Waals surface area (Å²) in [7, 11) is 1.41. The fourth-order valence-corrected chi connectivity index (χ4v) is 1.32. The van der Waals surface area contributed by atoms with Crippen molar-refractivity contribution in [2.24, 2.45) is 5.92 Å². The van der Waals surface area contributed by atoms with E-state index in [4.69, 9.17) is 5.11 Å². The lowest BCUT2D eigenvalue weighted by Gasteiger charge is -2.09. The average molecular weight is 217 g/mol. The van der Waals surface area contributed by atoms with E-state index in [1.807, 2.05) is 6.92 Å². The molecule has 1 unspecified atom stereocenters. The number of unbranched alkanes of at least 4 members (excludes halogenated alkanes) is 3. The number of esters is 1. The number of nitrogens with one attached hydrogen (secondary N) is 1. The summed E-state index contributed by atoms with van der Waals surface area (Å²) in [5, 5.41) is 11.8. The van der Waals surface area contributed by atoms with Crippen LogP contribution in [-0.4, -0.2) is 37.9 Å². The van der Waals surface area contributed by atoms with E-state index in [1.165, 1.54) is 7.11 Å². The molecule has 0 aliphatic rings. The third kappa shape index (κ3) is 8.39. The van der Waals surface area contributed by atoms with Crippen LogP contribution in [0.3, 0.4) is 0 Å². The summed E-state index contributed by atoms with van der Waals surface area (Å²) >= 11 is 0. The highest BCUT2D eigenvalue weighted by molar-refractivity contribution is 5.71. The van der Waals surface area contributed by atoms with Gasteiger partial charge in [0.05, 0.1) is 13.0 Å². The van der Waals surface area contributed by atoms with Gasteiger partial charge in [0.25, 0.3) is 0 Å². The first-order chi connectivity index (χ1) is 7.22. The third-order valence-corrected chi connectivity index (χ3v) is 2.32. The van der Waals surface area contributed by atoms with Crippen molar-refractivity contribution in [1.29, 1.82) is 0 Å². The lowest BCUT2D eigenvalue weighted by Crippen LogP contribution is -2.27. The Morgan fingerprint density at radius 2 is 2.00 bits per heavy atom. The number of aliphatic hydroxyl groups excluding tert-OH is 1. The first kappa shape index (κ1) is 14.4. The number of rotatable bonds is 9. The normalized spacial score (nSPS) is 12.5. The van der Waals surface area contributed by atoms with E-state index in [1.54, 1.807) is 0 Å². The number of aliphatic hydroxyl groups is 1. The maximum atomic E-state index is 11.0. The fraction of sp³-hybridized carbons (Fsp3) is 0.909. The van der Waals surface area contributed by atoms with Crippen LogP contribution in [0.2, 0.25) is 0 Å². The Morgan fingerprint density at radius 1 is 1.33 bits per heavy atom. The molecule has 0 fully saturated rings. The highest BCUT2D eigenvalue weighted by Crippen LogP contribution is 1.99. The van der Waals surface area contributed by atoms with Gasteiger partial charge in [-0.15, -0.1) is 0 Å². The second kappa shape index (κ2) is 9.93. The summed E-state index contributed by atoms with van der Waals surface area (Å²) < 4.78 is 4.62. The molecule has 0 rings (SSSR count). The molecule has 4 heteroatoms. The Hall–Kier alpha value is -0.610. The van der Waals surface area contributed by atoms with Crippen molar-refractivity contribution < 1.29 is 14.6 Å². The van der Waals surface area contributed by atoms with Gasteiger partial charge in [-0.1, -0.05) is 19.8 Å². The molecule has 15 heavy (non-hydrogen) atoms. The number of carbonyl (C=O) groups excluding carboxylic acids is 1. The van der Waals surface area contributed by atoms with Crippen molar-refractivity contribution in [3.05, 3.63) is 0 Å². The summed E-state index contributed by atoms with van der Waals surface area (Å²) in [5.74, 6) is -0.241. The molecule has 90 valence electrons.